The quantitative estimate of drug-likeness (QED) is 0.396. The van der Waals surface area contributed by atoms with Crippen LogP contribution in [0.4, 0.5) is 0 Å². The van der Waals surface area contributed by atoms with Crippen LogP contribution in [0, 0.1) is 0 Å². The molecule has 26 valence electrons. The minimum Gasteiger partial charge on any atom is -0.275 e. The highest BCUT2D eigenvalue weighted by Gasteiger charge is 1.58. The molecule has 2 unspecified atom stereocenters. The Hall–Kier alpha value is 0.820. The summed E-state index contributed by atoms with van der Waals surface area (Å²) >= 11 is 0. The van der Waals surface area contributed by atoms with Crippen LogP contribution in [0.2, 0.25) is 0 Å². The van der Waals surface area contributed by atoms with Crippen LogP contribution in [0.25, 0.3) is 0 Å². The molecular formula is CH7NP2. The topological polar surface area (TPSA) is 3.24 Å². The Balaban J connectivity index is 2.32. The second-order valence-electron chi connectivity index (χ2n) is 0.665. The predicted octanol–water partition coefficient (Wildman–Crippen LogP) is 0.498. The van der Waals surface area contributed by atoms with E-state index in [1.165, 1.54) is 0 Å². The average Bonchev–Trinajstić information content (AvgIpc) is 0.811. The van der Waals surface area contributed by atoms with Crippen LogP contribution >= 0.6 is 18.8 Å². The molecule has 4 heavy (non-hydrogen) atoms. The third-order valence-electron chi connectivity index (χ3n) is 0. The summed E-state index contributed by atoms with van der Waals surface area (Å²) in [6, 6.07) is 0. The van der Waals surface area contributed by atoms with E-state index in [0.29, 0.717) is 0 Å². The predicted molar refractivity (Wildman–Crippen MR) is 27.2 cm³/mol. The van der Waals surface area contributed by atoms with E-state index in [4.69, 9.17) is 0 Å². The van der Waals surface area contributed by atoms with Gasteiger partial charge >= 0.3 is 0 Å². The van der Waals surface area contributed by atoms with Crippen molar-refractivity contribution in [2.75, 3.05) is 7.05 Å². The van der Waals surface area contributed by atoms with Gasteiger partial charge in [-0.3, -0.25) is 4.44 Å². The smallest absolute Gasteiger partial charge is 0.00641 e. The lowest BCUT2D eigenvalue weighted by molar-refractivity contribution is 0.950. The lowest BCUT2D eigenvalue weighted by Gasteiger charge is -1.89. The molecule has 0 spiro atoms. The lowest BCUT2D eigenvalue weighted by atomic mass is 11.6. The van der Waals surface area contributed by atoms with Crippen LogP contribution in [0.15, 0.2) is 0 Å². The van der Waals surface area contributed by atoms with Gasteiger partial charge in [0.25, 0.3) is 0 Å². The highest BCUT2D eigenvalue weighted by atomic mass is 31.1. The zero-order valence-electron chi connectivity index (χ0n) is 2.60. The summed E-state index contributed by atoms with van der Waals surface area (Å²) in [6.45, 7) is 0. The third kappa shape index (κ3) is 13.9. The number of rotatable bonds is 0. The Labute approximate surface area is 31.3 Å². The van der Waals surface area contributed by atoms with Gasteiger partial charge in [0, 0.05) is 0 Å². The van der Waals surface area contributed by atoms with Gasteiger partial charge in [0.15, 0.2) is 0 Å². The maximum atomic E-state index is 2.45. The second-order valence-corrected chi connectivity index (χ2v) is 2.89. The second kappa shape index (κ2) is 2.08. The minimum absolute atomic E-state index is 1.83. The first kappa shape index (κ1) is 4.82. The Kier molecular flexibility index (Phi) is 2.51. The van der Waals surface area contributed by atoms with E-state index in [-0.39, 0.29) is 0 Å². The van der Waals surface area contributed by atoms with Gasteiger partial charge in [0.05, 0.1) is 0 Å². The van der Waals surface area contributed by atoms with Gasteiger partial charge in [-0.15, -0.1) is 0 Å². The average molecular weight is 95.0 g/mol. The van der Waals surface area contributed by atoms with Gasteiger partial charge in [-0.25, -0.2) is 0 Å². The Morgan fingerprint density at radius 1 is 1.50 bits per heavy atom. The maximum absolute atomic E-state index is 2.45. The fraction of sp³-hybridized carbons (Fsp3) is 1.00. The summed E-state index contributed by atoms with van der Waals surface area (Å²) in [6.07, 6.45) is 0. The van der Waals surface area contributed by atoms with Crippen LogP contribution in [0.3, 0.4) is 0 Å². The molecule has 0 aliphatic rings. The fourth-order valence-electron chi connectivity index (χ4n) is 0. The van der Waals surface area contributed by atoms with Crippen molar-refractivity contribution >= 4 is 18.8 Å². The van der Waals surface area contributed by atoms with Gasteiger partial charge in [0.1, 0.15) is 0 Å². The molecule has 1 nitrogen and oxygen atoms in total. The molecule has 0 amide bonds. The van der Waals surface area contributed by atoms with Crippen molar-refractivity contribution < 1.29 is 0 Å². The first-order valence-electron chi connectivity index (χ1n) is 0.964. The fourth-order valence-corrected chi connectivity index (χ4v) is 0. The van der Waals surface area contributed by atoms with Crippen LogP contribution in [-0.2, 0) is 0 Å². The molecular weight excluding hydrogens is 88.0 g/mol. The first-order chi connectivity index (χ1) is 1.73. The van der Waals surface area contributed by atoms with E-state index in [2.05, 4.69) is 18.8 Å². The molecule has 0 aliphatic heterocycles. The lowest BCUT2D eigenvalue weighted by Crippen LogP contribution is -1.74. The van der Waals surface area contributed by atoms with Gasteiger partial charge in [-0.05, 0) is 7.05 Å². The number of hydrogen-bond donors (Lipinski definition) is 0. The van der Waals surface area contributed by atoms with Crippen molar-refractivity contribution in [1.29, 1.82) is 0 Å². The normalized spacial score (nSPS) is 9.00. The van der Waals surface area contributed by atoms with Gasteiger partial charge in [-0.2, -0.15) is 0 Å². The Morgan fingerprint density at radius 3 is 1.50 bits per heavy atom. The largest absolute Gasteiger partial charge is 0.275 e. The van der Waals surface area contributed by atoms with E-state index in [9.17, 15) is 0 Å². The molecule has 0 saturated carbocycles. The van der Waals surface area contributed by atoms with E-state index in [0.717, 1.165) is 0 Å². The van der Waals surface area contributed by atoms with E-state index < -0.39 is 0 Å². The summed E-state index contributed by atoms with van der Waals surface area (Å²) in [7, 11) is 6.83. The van der Waals surface area contributed by atoms with E-state index >= 15 is 0 Å². The zero-order chi connectivity index (χ0) is 3.58. The molecule has 0 aliphatic carbocycles. The zero-order valence-corrected chi connectivity index (χ0v) is 4.91. The molecule has 0 radical (unpaired) electrons. The summed E-state index contributed by atoms with van der Waals surface area (Å²) in [5.41, 5.74) is 0. The molecule has 0 bridgehead atoms. The van der Waals surface area contributed by atoms with Gasteiger partial charge < -0.3 is 0 Å². The SMILES string of the molecule is CN(P)P. The van der Waals surface area contributed by atoms with Crippen molar-refractivity contribution in [2.24, 2.45) is 0 Å². The molecule has 3 heteroatoms. The van der Waals surface area contributed by atoms with Crippen molar-refractivity contribution in [3.8, 4) is 0 Å². The van der Waals surface area contributed by atoms with Crippen molar-refractivity contribution in [2.45, 2.75) is 0 Å². The van der Waals surface area contributed by atoms with E-state index in [1.807, 2.05) is 11.5 Å². The minimum atomic E-state index is 1.83. The van der Waals surface area contributed by atoms with Gasteiger partial charge in [-0.1, -0.05) is 18.8 Å². The van der Waals surface area contributed by atoms with Crippen LogP contribution in [0.1, 0.15) is 0 Å². The van der Waals surface area contributed by atoms with Crippen molar-refractivity contribution in [1.82, 2.24) is 4.44 Å². The maximum Gasteiger partial charge on any atom is -0.00641 e. The van der Waals surface area contributed by atoms with Crippen LogP contribution in [-0.4, -0.2) is 11.5 Å². The monoisotopic (exact) mass is 95.0 g/mol. The molecule has 0 heterocycles. The number of nitrogens with zero attached hydrogens (tertiary/aromatic N) is 1. The van der Waals surface area contributed by atoms with Gasteiger partial charge in [0.2, 0.25) is 0 Å². The molecule has 0 fully saturated rings. The third-order valence-corrected chi connectivity index (χ3v) is 0. The molecule has 0 aromatic carbocycles. The summed E-state index contributed by atoms with van der Waals surface area (Å²) in [5.74, 6) is 0. The van der Waals surface area contributed by atoms with Crippen LogP contribution < -0.4 is 0 Å². The molecule has 0 aromatic heterocycles. The summed E-state index contributed by atoms with van der Waals surface area (Å²) < 4.78 is 1.83. The first-order valence-corrected chi connectivity index (χ1v) is 2.00. The highest BCUT2D eigenvalue weighted by Crippen LogP contribution is 1.96. The molecule has 2 atom stereocenters. The highest BCUT2D eigenvalue weighted by molar-refractivity contribution is 7.30. The molecule has 0 aromatic rings. The summed E-state index contributed by atoms with van der Waals surface area (Å²) in [5, 5.41) is 0. The standard InChI is InChI=1S/CH7NP2/c1-2(3)4/h3-4H2,1H3. The van der Waals surface area contributed by atoms with E-state index in [1.54, 1.807) is 0 Å². The van der Waals surface area contributed by atoms with Crippen molar-refractivity contribution in [3.05, 3.63) is 0 Å². The molecule has 0 saturated heterocycles. The Bertz CT molecular complexity index is 10.8. The number of hydrogen-bond acceptors (Lipinski definition) is 1. The van der Waals surface area contributed by atoms with Crippen molar-refractivity contribution in [3.63, 3.8) is 0 Å². The van der Waals surface area contributed by atoms with Crippen LogP contribution in [0.5, 0.6) is 0 Å². The molecule has 0 rings (SSSR count). The summed E-state index contributed by atoms with van der Waals surface area (Å²) in [4.78, 5) is 0. The Morgan fingerprint density at radius 2 is 1.50 bits per heavy atom. The molecule has 0 N–H and O–H groups in total.